The Morgan fingerprint density at radius 2 is 1.71 bits per heavy atom. The van der Waals surface area contributed by atoms with E-state index < -0.39 is 0 Å². The molecule has 1 aliphatic heterocycles. The lowest BCUT2D eigenvalue weighted by Gasteiger charge is -2.34. The van der Waals surface area contributed by atoms with Crippen LogP contribution >= 0.6 is 0 Å². The molecule has 4 nitrogen and oxygen atoms in total. The van der Waals surface area contributed by atoms with Gasteiger partial charge in [0.2, 0.25) is 5.91 Å². The molecule has 3 rings (SSSR count). The van der Waals surface area contributed by atoms with Crippen molar-refractivity contribution in [2.75, 3.05) is 13.1 Å². The summed E-state index contributed by atoms with van der Waals surface area (Å²) in [5, 5.41) is 3.14. The summed E-state index contributed by atoms with van der Waals surface area (Å²) in [6.45, 7) is 7.52. The van der Waals surface area contributed by atoms with E-state index in [2.05, 4.69) is 12.2 Å². The standard InChI is InChI=1S/C24H30N2O2/c1-4-22(19-8-6-5-7-9-19)24(28)26-14-12-21(13-15-26)25-23(27)20-11-10-17(2)18(3)16-20/h5-11,16,21-22H,4,12-15H2,1-3H3,(H,25,27)/t22-/m0/s1. The van der Waals surface area contributed by atoms with E-state index in [0.29, 0.717) is 18.7 Å². The number of benzene rings is 2. The molecule has 0 saturated carbocycles. The highest BCUT2D eigenvalue weighted by atomic mass is 16.2. The molecule has 0 spiro atoms. The molecule has 1 fully saturated rings. The SMILES string of the molecule is CC[C@H](C(=O)N1CCC(NC(=O)c2ccc(C)c(C)c2)CC1)c1ccccc1. The molecule has 2 aromatic rings. The van der Waals surface area contributed by atoms with Crippen LogP contribution in [0.3, 0.4) is 0 Å². The number of rotatable bonds is 5. The Labute approximate surface area is 167 Å². The molecule has 2 amide bonds. The van der Waals surface area contributed by atoms with Gasteiger partial charge in [0.1, 0.15) is 0 Å². The average Bonchev–Trinajstić information content (AvgIpc) is 2.72. The van der Waals surface area contributed by atoms with Crippen LogP contribution in [0.25, 0.3) is 0 Å². The van der Waals surface area contributed by atoms with Crippen LogP contribution in [0.5, 0.6) is 0 Å². The average molecular weight is 379 g/mol. The summed E-state index contributed by atoms with van der Waals surface area (Å²) in [7, 11) is 0. The molecule has 2 aromatic carbocycles. The summed E-state index contributed by atoms with van der Waals surface area (Å²) in [5.41, 5.74) is 4.10. The molecule has 1 saturated heterocycles. The van der Waals surface area contributed by atoms with Crippen molar-refractivity contribution in [1.29, 1.82) is 0 Å². The van der Waals surface area contributed by atoms with Crippen molar-refractivity contribution in [3.05, 3.63) is 70.8 Å². The topological polar surface area (TPSA) is 49.4 Å². The van der Waals surface area contributed by atoms with Crippen molar-refractivity contribution in [3.8, 4) is 0 Å². The molecule has 1 heterocycles. The van der Waals surface area contributed by atoms with Gasteiger partial charge in [0, 0.05) is 24.7 Å². The maximum Gasteiger partial charge on any atom is 0.251 e. The number of piperidine rings is 1. The summed E-state index contributed by atoms with van der Waals surface area (Å²) in [6.07, 6.45) is 2.40. The zero-order chi connectivity index (χ0) is 20.1. The fraction of sp³-hybridized carbons (Fsp3) is 0.417. The van der Waals surface area contributed by atoms with Gasteiger partial charge in [0.05, 0.1) is 5.92 Å². The molecule has 0 aliphatic carbocycles. The second kappa shape index (κ2) is 9.05. The largest absolute Gasteiger partial charge is 0.349 e. The molecule has 1 atom stereocenters. The van der Waals surface area contributed by atoms with Crippen molar-refractivity contribution >= 4 is 11.8 Å². The number of hydrogen-bond acceptors (Lipinski definition) is 2. The summed E-state index contributed by atoms with van der Waals surface area (Å²) in [4.78, 5) is 27.5. The number of hydrogen-bond donors (Lipinski definition) is 1. The van der Waals surface area contributed by atoms with Crippen LogP contribution < -0.4 is 5.32 Å². The van der Waals surface area contributed by atoms with Crippen LogP contribution in [-0.4, -0.2) is 35.8 Å². The quantitative estimate of drug-likeness (QED) is 0.847. The molecule has 1 N–H and O–H groups in total. The highest BCUT2D eigenvalue weighted by molar-refractivity contribution is 5.94. The lowest BCUT2D eigenvalue weighted by Crippen LogP contribution is -2.47. The summed E-state index contributed by atoms with van der Waals surface area (Å²) < 4.78 is 0. The number of nitrogens with zero attached hydrogens (tertiary/aromatic N) is 1. The first-order valence-electron chi connectivity index (χ1n) is 10.2. The van der Waals surface area contributed by atoms with Gasteiger partial charge < -0.3 is 10.2 Å². The van der Waals surface area contributed by atoms with Crippen LogP contribution in [0.2, 0.25) is 0 Å². The summed E-state index contributed by atoms with van der Waals surface area (Å²) in [6, 6.07) is 15.9. The lowest BCUT2D eigenvalue weighted by atomic mass is 9.93. The third-order valence-corrected chi connectivity index (χ3v) is 5.82. The molecular formula is C24H30N2O2. The second-order valence-corrected chi connectivity index (χ2v) is 7.74. The number of likely N-dealkylation sites (tertiary alicyclic amines) is 1. The third-order valence-electron chi connectivity index (χ3n) is 5.82. The Bertz CT molecular complexity index is 824. The van der Waals surface area contributed by atoms with E-state index in [-0.39, 0.29) is 23.8 Å². The Morgan fingerprint density at radius 3 is 2.32 bits per heavy atom. The monoisotopic (exact) mass is 378 g/mol. The Balaban J connectivity index is 1.55. The van der Waals surface area contributed by atoms with E-state index >= 15 is 0 Å². The van der Waals surface area contributed by atoms with Crippen molar-refractivity contribution < 1.29 is 9.59 Å². The predicted molar refractivity (Wildman–Crippen MR) is 112 cm³/mol. The van der Waals surface area contributed by atoms with Gasteiger partial charge in [-0.25, -0.2) is 0 Å². The third kappa shape index (κ3) is 4.61. The summed E-state index contributed by atoms with van der Waals surface area (Å²) >= 11 is 0. The number of carbonyl (C=O) groups is 2. The number of carbonyl (C=O) groups excluding carboxylic acids is 2. The highest BCUT2D eigenvalue weighted by Gasteiger charge is 2.28. The molecule has 28 heavy (non-hydrogen) atoms. The Hall–Kier alpha value is -2.62. The molecule has 1 aliphatic rings. The Morgan fingerprint density at radius 1 is 1.04 bits per heavy atom. The fourth-order valence-corrected chi connectivity index (χ4v) is 3.85. The number of nitrogens with one attached hydrogen (secondary N) is 1. The van der Waals surface area contributed by atoms with E-state index in [0.717, 1.165) is 30.4 Å². The maximum absolute atomic E-state index is 13.0. The number of amides is 2. The van der Waals surface area contributed by atoms with E-state index in [4.69, 9.17) is 0 Å². The van der Waals surface area contributed by atoms with Crippen molar-refractivity contribution in [3.63, 3.8) is 0 Å². The zero-order valence-corrected chi connectivity index (χ0v) is 17.1. The molecule has 0 bridgehead atoms. The van der Waals surface area contributed by atoms with E-state index in [9.17, 15) is 9.59 Å². The van der Waals surface area contributed by atoms with Gasteiger partial charge in [0.15, 0.2) is 0 Å². The zero-order valence-electron chi connectivity index (χ0n) is 17.1. The van der Waals surface area contributed by atoms with E-state index in [1.165, 1.54) is 5.56 Å². The normalized spacial score (nSPS) is 15.9. The fourth-order valence-electron chi connectivity index (χ4n) is 3.85. The van der Waals surface area contributed by atoms with Gasteiger partial charge in [-0.3, -0.25) is 9.59 Å². The molecular weight excluding hydrogens is 348 g/mol. The Kier molecular flexibility index (Phi) is 6.50. The van der Waals surface area contributed by atoms with Gasteiger partial charge in [-0.15, -0.1) is 0 Å². The van der Waals surface area contributed by atoms with Gasteiger partial charge >= 0.3 is 0 Å². The van der Waals surface area contributed by atoms with Gasteiger partial charge in [0.25, 0.3) is 5.91 Å². The summed E-state index contributed by atoms with van der Waals surface area (Å²) in [5.74, 6) is 0.0964. The van der Waals surface area contributed by atoms with Gasteiger partial charge in [-0.1, -0.05) is 43.3 Å². The van der Waals surface area contributed by atoms with Crippen LogP contribution in [0.15, 0.2) is 48.5 Å². The molecule has 148 valence electrons. The minimum Gasteiger partial charge on any atom is -0.349 e. The van der Waals surface area contributed by atoms with Crippen molar-refractivity contribution in [2.45, 2.75) is 52.0 Å². The van der Waals surface area contributed by atoms with Crippen LogP contribution in [0, 0.1) is 13.8 Å². The molecule has 0 radical (unpaired) electrons. The van der Waals surface area contributed by atoms with Crippen LogP contribution in [0.4, 0.5) is 0 Å². The molecule has 0 unspecified atom stereocenters. The van der Waals surface area contributed by atoms with E-state index in [1.54, 1.807) is 0 Å². The smallest absolute Gasteiger partial charge is 0.251 e. The first-order valence-corrected chi connectivity index (χ1v) is 10.2. The maximum atomic E-state index is 13.0. The predicted octanol–water partition coefficient (Wildman–Crippen LogP) is 4.22. The van der Waals surface area contributed by atoms with E-state index in [1.807, 2.05) is 67.3 Å². The van der Waals surface area contributed by atoms with Crippen molar-refractivity contribution in [2.24, 2.45) is 0 Å². The lowest BCUT2D eigenvalue weighted by molar-refractivity contribution is -0.134. The number of aryl methyl sites for hydroxylation is 2. The first-order chi connectivity index (χ1) is 13.5. The van der Waals surface area contributed by atoms with Gasteiger partial charge in [-0.05, 0) is 61.9 Å². The second-order valence-electron chi connectivity index (χ2n) is 7.74. The molecule has 4 heteroatoms. The van der Waals surface area contributed by atoms with Gasteiger partial charge in [-0.2, -0.15) is 0 Å². The van der Waals surface area contributed by atoms with Crippen LogP contribution in [-0.2, 0) is 4.79 Å². The molecule has 0 aromatic heterocycles. The first kappa shape index (κ1) is 20.1. The highest BCUT2D eigenvalue weighted by Crippen LogP contribution is 2.24. The minimum absolute atomic E-state index is 0.0244. The van der Waals surface area contributed by atoms with Crippen molar-refractivity contribution in [1.82, 2.24) is 10.2 Å². The minimum atomic E-state index is -0.0807. The van der Waals surface area contributed by atoms with Crippen LogP contribution in [0.1, 0.15) is 59.2 Å².